The Labute approximate surface area is 150 Å². The molecule has 4 nitrogen and oxygen atoms in total. The zero-order valence-corrected chi connectivity index (χ0v) is 15.8. The van der Waals surface area contributed by atoms with Crippen LogP contribution in [-0.4, -0.2) is 14.6 Å². The van der Waals surface area contributed by atoms with E-state index in [9.17, 15) is 0 Å². The number of benzene rings is 1. The van der Waals surface area contributed by atoms with Crippen LogP contribution in [0.15, 0.2) is 48.9 Å². The Balaban J connectivity index is 1.99. The van der Waals surface area contributed by atoms with Crippen LogP contribution in [0, 0.1) is 8.99 Å². The Kier molecular flexibility index (Phi) is 4.57. The van der Waals surface area contributed by atoms with Crippen LogP contribution < -0.4 is 5.32 Å². The van der Waals surface area contributed by atoms with Crippen molar-refractivity contribution in [2.45, 2.75) is 33.2 Å². The van der Waals surface area contributed by atoms with E-state index < -0.39 is 0 Å². The van der Waals surface area contributed by atoms with Gasteiger partial charge in [-0.1, -0.05) is 51.1 Å². The van der Waals surface area contributed by atoms with E-state index in [0.717, 1.165) is 21.3 Å². The SMILES string of the molecule is CC(C)(C)CC(Nc1nccn2ncc(I)c12)c1ccccc1. The zero-order chi connectivity index (χ0) is 16.4. The number of rotatable bonds is 4. The molecule has 1 unspecified atom stereocenters. The molecule has 3 aromatic rings. The fourth-order valence-corrected chi connectivity index (χ4v) is 3.36. The molecular weight excluding hydrogens is 399 g/mol. The first-order valence-electron chi connectivity index (χ1n) is 7.73. The van der Waals surface area contributed by atoms with Crippen LogP contribution in [-0.2, 0) is 0 Å². The minimum absolute atomic E-state index is 0.209. The molecule has 0 radical (unpaired) electrons. The number of fused-ring (bicyclic) bond motifs is 1. The van der Waals surface area contributed by atoms with E-state index >= 15 is 0 Å². The van der Waals surface area contributed by atoms with Gasteiger partial charge in [0.1, 0.15) is 5.52 Å². The van der Waals surface area contributed by atoms with Crippen LogP contribution in [0.25, 0.3) is 5.52 Å². The van der Waals surface area contributed by atoms with Gasteiger partial charge in [-0.3, -0.25) is 0 Å². The van der Waals surface area contributed by atoms with Gasteiger partial charge in [0.05, 0.1) is 15.8 Å². The van der Waals surface area contributed by atoms with E-state index in [1.165, 1.54) is 5.56 Å². The second-order valence-corrected chi connectivity index (χ2v) is 8.10. The highest BCUT2D eigenvalue weighted by Gasteiger charge is 2.22. The van der Waals surface area contributed by atoms with E-state index in [1.54, 1.807) is 6.20 Å². The number of hydrogen-bond acceptors (Lipinski definition) is 3. The van der Waals surface area contributed by atoms with Crippen LogP contribution in [0.4, 0.5) is 5.82 Å². The van der Waals surface area contributed by atoms with Crippen molar-refractivity contribution >= 4 is 33.9 Å². The summed E-state index contributed by atoms with van der Waals surface area (Å²) in [6.45, 7) is 6.80. The summed E-state index contributed by atoms with van der Waals surface area (Å²) in [4.78, 5) is 4.56. The first-order chi connectivity index (χ1) is 10.9. The second kappa shape index (κ2) is 6.47. The molecule has 23 heavy (non-hydrogen) atoms. The lowest BCUT2D eigenvalue weighted by Crippen LogP contribution is -2.19. The molecule has 5 heteroatoms. The summed E-state index contributed by atoms with van der Waals surface area (Å²) in [6.07, 6.45) is 6.55. The first-order valence-corrected chi connectivity index (χ1v) is 8.81. The summed E-state index contributed by atoms with van der Waals surface area (Å²) in [5.74, 6) is 0.882. The molecule has 0 saturated carbocycles. The predicted molar refractivity (Wildman–Crippen MR) is 103 cm³/mol. The van der Waals surface area contributed by atoms with Crippen molar-refractivity contribution in [1.82, 2.24) is 14.6 Å². The van der Waals surface area contributed by atoms with Crippen molar-refractivity contribution in [2.75, 3.05) is 5.32 Å². The van der Waals surface area contributed by atoms with Crippen LogP contribution in [0.3, 0.4) is 0 Å². The molecule has 0 fully saturated rings. The first kappa shape index (κ1) is 16.2. The molecule has 3 rings (SSSR count). The molecule has 120 valence electrons. The van der Waals surface area contributed by atoms with Gasteiger partial charge < -0.3 is 5.32 Å². The molecule has 1 N–H and O–H groups in total. The minimum atomic E-state index is 0.209. The lowest BCUT2D eigenvalue weighted by molar-refractivity contribution is 0.352. The molecule has 2 heterocycles. The highest BCUT2D eigenvalue weighted by atomic mass is 127. The highest BCUT2D eigenvalue weighted by Crippen LogP contribution is 2.33. The molecule has 0 aliphatic carbocycles. The van der Waals surface area contributed by atoms with Crippen LogP contribution in [0.5, 0.6) is 0 Å². The van der Waals surface area contributed by atoms with Crippen molar-refractivity contribution in [3.8, 4) is 0 Å². The maximum atomic E-state index is 4.56. The van der Waals surface area contributed by atoms with Crippen molar-refractivity contribution in [3.05, 3.63) is 58.1 Å². The molecule has 2 aromatic heterocycles. The van der Waals surface area contributed by atoms with Gasteiger partial charge in [-0.05, 0) is 40.0 Å². The van der Waals surface area contributed by atoms with E-state index in [4.69, 9.17) is 0 Å². The average Bonchev–Trinajstić information content (AvgIpc) is 2.89. The molecular formula is C18H21IN4. The smallest absolute Gasteiger partial charge is 0.153 e. The van der Waals surface area contributed by atoms with Gasteiger partial charge in [0.15, 0.2) is 5.82 Å². The van der Waals surface area contributed by atoms with E-state index in [2.05, 4.69) is 89.1 Å². The van der Waals surface area contributed by atoms with Gasteiger partial charge in [0.2, 0.25) is 0 Å². The zero-order valence-electron chi connectivity index (χ0n) is 13.6. The normalized spacial score (nSPS) is 13.2. The number of anilines is 1. The predicted octanol–water partition coefficient (Wildman–Crippen LogP) is 4.92. The van der Waals surface area contributed by atoms with Crippen LogP contribution in [0.2, 0.25) is 0 Å². The standard InChI is InChI=1S/C18H21IN4/c1-18(2,3)11-15(13-7-5-4-6-8-13)22-17-16-14(19)12-21-23(16)10-9-20-17/h4-10,12,15H,11H2,1-3H3,(H,20,22). The second-order valence-electron chi connectivity index (χ2n) is 6.93. The van der Waals surface area contributed by atoms with E-state index in [0.29, 0.717) is 0 Å². The number of aromatic nitrogens is 3. The van der Waals surface area contributed by atoms with Gasteiger partial charge in [-0.15, -0.1) is 0 Å². The van der Waals surface area contributed by atoms with Gasteiger partial charge in [-0.25, -0.2) is 9.50 Å². The van der Waals surface area contributed by atoms with Crippen LogP contribution >= 0.6 is 22.6 Å². The van der Waals surface area contributed by atoms with E-state index in [1.807, 2.05) is 16.9 Å². The average molecular weight is 420 g/mol. The summed E-state index contributed by atoms with van der Waals surface area (Å²) >= 11 is 2.31. The third kappa shape index (κ3) is 3.83. The third-order valence-electron chi connectivity index (χ3n) is 3.72. The fourth-order valence-electron chi connectivity index (χ4n) is 2.73. The van der Waals surface area contributed by atoms with E-state index in [-0.39, 0.29) is 11.5 Å². The molecule has 0 spiro atoms. The Morgan fingerprint density at radius 1 is 1.22 bits per heavy atom. The Morgan fingerprint density at radius 2 is 1.96 bits per heavy atom. The largest absolute Gasteiger partial charge is 0.361 e. The van der Waals surface area contributed by atoms with Crippen LogP contribution in [0.1, 0.15) is 38.8 Å². The maximum absolute atomic E-state index is 4.56. The number of nitrogens with one attached hydrogen (secondary N) is 1. The number of halogens is 1. The van der Waals surface area contributed by atoms with Crippen molar-refractivity contribution < 1.29 is 0 Å². The Bertz CT molecular complexity index is 790. The quantitative estimate of drug-likeness (QED) is 0.609. The monoisotopic (exact) mass is 420 g/mol. The molecule has 0 aliphatic heterocycles. The molecule has 0 saturated heterocycles. The topological polar surface area (TPSA) is 42.2 Å². The number of hydrogen-bond donors (Lipinski definition) is 1. The summed E-state index contributed by atoms with van der Waals surface area (Å²) in [6, 6.07) is 10.8. The van der Waals surface area contributed by atoms with Gasteiger partial charge in [-0.2, -0.15) is 5.10 Å². The minimum Gasteiger partial charge on any atom is -0.361 e. The Hall–Kier alpha value is -1.63. The highest BCUT2D eigenvalue weighted by molar-refractivity contribution is 14.1. The van der Waals surface area contributed by atoms with Gasteiger partial charge in [0.25, 0.3) is 0 Å². The van der Waals surface area contributed by atoms with Gasteiger partial charge >= 0.3 is 0 Å². The summed E-state index contributed by atoms with van der Waals surface area (Å²) < 4.78 is 2.97. The maximum Gasteiger partial charge on any atom is 0.153 e. The lowest BCUT2D eigenvalue weighted by Gasteiger charge is -2.28. The number of nitrogens with zero attached hydrogens (tertiary/aromatic N) is 3. The van der Waals surface area contributed by atoms with Gasteiger partial charge in [0, 0.05) is 12.4 Å². The molecule has 0 amide bonds. The summed E-state index contributed by atoms with van der Waals surface area (Å²) in [7, 11) is 0. The van der Waals surface area contributed by atoms with Crippen molar-refractivity contribution in [3.63, 3.8) is 0 Å². The summed E-state index contributed by atoms with van der Waals surface area (Å²) in [5, 5.41) is 8.01. The molecule has 1 aromatic carbocycles. The third-order valence-corrected chi connectivity index (χ3v) is 4.51. The lowest BCUT2D eigenvalue weighted by atomic mass is 9.85. The molecule has 0 aliphatic rings. The van der Waals surface area contributed by atoms with Crippen molar-refractivity contribution in [2.24, 2.45) is 5.41 Å². The fraction of sp³-hybridized carbons (Fsp3) is 0.333. The summed E-state index contributed by atoms with van der Waals surface area (Å²) in [5.41, 5.74) is 2.52. The molecule has 1 atom stereocenters. The Morgan fingerprint density at radius 3 is 2.65 bits per heavy atom. The molecule has 0 bridgehead atoms. The van der Waals surface area contributed by atoms with Crippen molar-refractivity contribution in [1.29, 1.82) is 0 Å².